The van der Waals surface area contributed by atoms with Gasteiger partial charge in [0.05, 0.1) is 19.3 Å². The highest BCUT2D eigenvalue weighted by Gasteiger charge is 2.15. The van der Waals surface area contributed by atoms with Gasteiger partial charge in [0.25, 0.3) is 0 Å². The number of aliphatic carboxylic acids is 1. The molecule has 2 aromatic rings. The molecule has 0 aromatic heterocycles. The lowest BCUT2D eigenvalue weighted by atomic mass is 10.1. The fraction of sp³-hybridized carbons (Fsp3) is 0.407. The molecule has 0 saturated heterocycles. The van der Waals surface area contributed by atoms with Gasteiger partial charge in [-0.05, 0) is 55.2 Å². The fourth-order valence-corrected chi connectivity index (χ4v) is 3.31. The van der Waals surface area contributed by atoms with Gasteiger partial charge in [-0.1, -0.05) is 37.6 Å². The summed E-state index contributed by atoms with van der Waals surface area (Å²) >= 11 is 0. The summed E-state index contributed by atoms with van der Waals surface area (Å²) in [6.45, 7) is 7.06. The van der Waals surface area contributed by atoms with Crippen LogP contribution in [0.4, 0.5) is 5.69 Å². The molecule has 0 spiro atoms. The van der Waals surface area contributed by atoms with Crippen LogP contribution >= 0.6 is 0 Å². The zero-order chi connectivity index (χ0) is 24.8. The zero-order valence-corrected chi connectivity index (χ0v) is 20.2. The standard InChI is InChI=1S/C27H35NO6/c1-4-6-17-33-26-19-22(24(32-5-2)8-7-9-27(30)31)12-15-25(26)34-18-16-21-10-13-23(14-11-21)28-20(3)29/h7,9-15,19,24H,4-6,8,16-18H2,1-3H3,(H,28,29)(H,30,31). The normalized spacial score (nSPS) is 11.9. The van der Waals surface area contributed by atoms with E-state index in [4.69, 9.17) is 19.3 Å². The molecule has 2 rings (SSSR count). The quantitative estimate of drug-likeness (QED) is 0.262. The molecule has 0 bridgehead atoms. The number of carboxylic acid groups (broad SMARTS) is 1. The molecule has 1 atom stereocenters. The minimum absolute atomic E-state index is 0.0976. The minimum atomic E-state index is -0.979. The van der Waals surface area contributed by atoms with Crippen LogP contribution < -0.4 is 14.8 Å². The van der Waals surface area contributed by atoms with Gasteiger partial charge in [-0.3, -0.25) is 4.79 Å². The van der Waals surface area contributed by atoms with Crippen LogP contribution in [0.3, 0.4) is 0 Å². The average Bonchev–Trinajstić information content (AvgIpc) is 2.80. The van der Waals surface area contributed by atoms with Crippen LogP contribution in [-0.2, 0) is 20.7 Å². The highest BCUT2D eigenvalue weighted by atomic mass is 16.5. The van der Waals surface area contributed by atoms with Crippen LogP contribution in [0.2, 0.25) is 0 Å². The number of carbonyl (C=O) groups is 2. The van der Waals surface area contributed by atoms with Crippen molar-refractivity contribution in [3.8, 4) is 11.5 Å². The number of amides is 1. The van der Waals surface area contributed by atoms with Crippen molar-refractivity contribution in [1.82, 2.24) is 0 Å². The maximum Gasteiger partial charge on any atom is 0.327 e. The van der Waals surface area contributed by atoms with Crippen LogP contribution in [0.15, 0.2) is 54.6 Å². The molecule has 7 nitrogen and oxygen atoms in total. The number of anilines is 1. The Labute approximate surface area is 201 Å². The van der Waals surface area contributed by atoms with E-state index in [-0.39, 0.29) is 12.0 Å². The number of carbonyl (C=O) groups excluding carboxylic acids is 1. The van der Waals surface area contributed by atoms with Crippen molar-refractivity contribution in [1.29, 1.82) is 0 Å². The number of rotatable bonds is 15. The van der Waals surface area contributed by atoms with Crippen molar-refractivity contribution < 1.29 is 28.9 Å². The van der Waals surface area contributed by atoms with Gasteiger partial charge in [0, 0.05) is 31.7 Å². The lowest BCUT2D eigenvalue weighted by Crippen LogP contribution is -2.08. The first-order chi connectivity index (χ1) is 16.4. The van der Waals surface area contributed by atoms with Crippen LogP contribution in [-0.4, -0.2) is 36.8 Å². The van der Waals surface area contributed by atoms with E-state index >= 15 is 0 Å². The number of benzene rings is 2. The van der Waals surface area contributed by atoms with E-state index in [0.717, 1.165) is 35.7 Å². The highest BCUT2D eigenvalue weighted by Crippen LogP contribution is 2.33. The first kappa shape index (κ1) is 26.9. The summed E-state index contributed by atoms with van der Waals surface area (Å²) in [6.07, 6.45) is 5.56. The van der Waals surface area contributed by atoms with E-state index in [2.05, 4.69) is 12.2 Å². The Balaban J connectivity index is 2.09. The summed E-state index contributed by atoms with van der Waals surface area (Å²) in [4.78, 5) is 22.0. The fourth-order valence-electron chi connectivity index (χ4n) is 3.31. The molecular weight excluding hydrogens is 434 g/mol. The lowest BCUT2D eigenvalue weighted by Gasteiger charge is -2.19. The summed E-state index contributed by atoms with van der Waals surface area (Å²) in [6, 6.07) is 13.4. The molecule has 7 heteroatoms. The number of hydrogen-bond donors (Lipinski definition) is 2. The summed E-state index contributed by atoms with van der Waals surface area (Å²) < 4.78 is 17.9. The Morgan fingerprint density at radius 2 is 1.76 bits per heavy atom. The summed E-state index contributed by atoms with van der Waals surface area (Å²) in [5.74, 6) is 0.233. The monoisotopic (exact) mass is 469 g/mol. The molecule has 0 fully saturated rings. The number of hydrogen-bond acceptors (Lipinski definition) is 5. The van der Waals surface area contributed by atoms with Crippen molar-refractivity contribution >= 4 is 17.6 Å². The number of ether oxygens (including phenoxy) is 3. The molecule has 34 heavy (non-hydrogen) atoms. The summed E-state index contributed by atoms with van der Waals surface area (Å²) in [7, 11) is 0. The SMILES string of the molecule is CCCCOc1cc(C(CC=CC(=O)O)OCC)ccc1OCCc1ccc(NC(C)=O)cc1. The summed E-state index contributed by atoms with van der Waals surface area (Å²) in [5, 5.41) is 11.6. The molecule has 2 aromatic carbocycles. The van der Waals surface area contributed by atoms with Crippen LogP contribution in [0.5, 0.6) is 11.5 Å². The number of unbranched alkanes of at least 4 members (excludes halogenated alkanes) is 1. The third-order valence-electron chi connectivity index (χ3n) is 5.00. The Morgan fingerprint density at radius 3 is 2.41 bits per heavy atom. The van der Waals surface area contributed by atoms with Crippen molar-refractivity contribution in [2.45, 2.75) is 52.6 Å². The number of nitrogens with one attached hydrogen (secondary N) is 1. The first-order valence-corrected chi connectivity index (χ1v) is 11.7. The van der Waals surface area contributed by atoms with Gasteiger partial charge < -0.3 is 24.6 Å². The van der Waals surface area contributed by atoms with E-state index in [1.54, 1.807) is 6.08 Å². The second-order valence-electron chi connectivity index (χ2n) is 7.81. The van der Waals surface area contributed by atoms with E-state index in [0.29, 0.717) is 44.2 Å². The molecule has 0 aliphatic carbocycles. The van der Waals surface area contributed by atoms with Gasteiger partial charge in [0.1, 0.15) is 0 Å². The first-order valence-electron chi connectivity index (χ1n) is 11.7. The Hall–Kier alpha value is -3.32. The van der Waals surface area contributed by atoms with Crippen LogP contribution in [0.25, 0.3) is 0 Å². The van der Waals surface area contributed by atoms with Crippen molar-refractivity contribution in [3.63, 3.8) is 0 Å². The van der Waals surface area contributed by atoms with Gasteiger partial charge in [0.15, 0.2) is 11.5 Å². The van der Waals surface area contributed by atoms with Gasteiger partial charge in [-0.2, -0.15) is 0 Å². The van der Waals surface area contributed by atoms with E-state index in [1.165, 1.54) is 6.92 Å². The largest absolute Gasteiger partial charge is 0.490 e. The third kappa shape index (κ3) is 9.67. The maximum atomic E-state index is 11.2. The predicted molar refractivity (Wildman–Crippen MR) is 133 cm³/mol. The summed E-state index contributed by atoms with van der Waals surface area (Å²) in [5.41, 5.74) is 2.77. The molecule has 1 amide bonds. The molecule has 2 N–H and O–H groups in total. The third-order valence-corrected chi connectivity index (χ3v) is 5.00. The van der Waals surface area contributed by atoms with E-state index in [1.807, 2.05) is 49.4 Å². The highest BCUT2D eigenvalue weighted by molar-refractivity contribution is 5.88. The Kier molecular flexibility index (Phi) is 11.7. The molecule has 0 saturated carbocycles. The Bertz CT molecular complexity index is 939. The number of carboxylic acids is 1. The minimum Gasteiger partial charge on any atom is -0.490 e. The lowest BCUT2D eigenvalue weighted by molar-refractivity contribution is -0.131. The zero-order valence-electron chi connectivity index (χ0n) is 20.2. The van der Waals surface area contributed by atoms with Crippen molar-refractivity contribution in [2.24, 2.45) is 0 Å². The molecular formula is C27H35NO6. The van der Waals surface area contributed by atoms with E-state index < -0.39 is 5.97 Å². The van der Waals surface area contributed by atoms with E-state index in [9.17, 15) is 9.59 Å². The van der Waals surface area contributed by atoms with Gasteiger partial charge in [-0.25, -0.2) is 4.79 Å². The second kappa shape index (κ2) is 14.8. The molecule has 0 aliphatic rings. The van der Waals surface area contributed by atoms with Crippen molar-refractivity contribution in [3.05, 3.63) is 65.7 Å². The maximum absolute atomic E-state index is 11.2. The Morgan fingerprint density at radius 1 is 1.03 bits per heavy atom. The van der Waals surface area contributed by atoms with Crippen molar-refractivity contribution in [2.75, 3.05) is 25.1 Å². The molecule has 0 aliphatic heterocycles. The predicted octanol–water partition coefficient (Wildman–Crippen LogP) is 5.55. The van der Waals surface area contributed by atoms with Crippen LogP contribution in [0, 0.1) is 0 Å². The molecule has 0 radical (unpaired) electrons. The van der Waals surface area contributed by atoms with Gasteiger partial charge >= 0.3 is 5.97 Å². The van der Waals surface area contributed by atoms with Crippen LogP contribution in [0.1, 0.15) is 57.3 Å². The average molecular weight is 470 g/mol. The second-order valence-corrected chi connectivity index (χ2v) is 7.81. The molecule has 184 valence electrons. The smallest absolute Gasteiger partial charge is 0.327 e. The molecule has 1 unspecified atom stereocenters. The van der Waals surface area contributed by atoms with Gasteiger partial charge in [0.2, 0.25) is 5.91 Å². The molecule has 0 heterocycles. The topological polar surface area (TPSA) is 94.1 Å². The van der Waals surface area contributed by atoms with Gasteiger partial charge in [-0.15, -0.1) is 0 Å².